The van der Waals surface area contributed by atoms with Crippen molar-refractivity contribution in [3.8, 4) is 11.5 Å². The SMILES string of the molecule is CCN1CCCC1CNC(=O)c1nnc(Cc2ccc3c(c2)OCO3)o1. The molecule has 0 aliphatic carbocycles. The minimum absolute atomic E-state index is 0.00166. The minimum atomic E-state index is -0.322. The van der Waals surface area contributed by atoms with Crippen molar-refractivity contribution < 1.29 is 18.7 Å². The van der Waals surface area contributed by atoms with Gasteiger partial charge in [-0.15, -0.1) is 10.2 Å². The lowest BCUT2D eigenvalue weighted by atomic mass is 10.1. The predicted octanol–water partition coefficient (Wildman–Crippen LogP) is 1.60. The summed E-state index contributed by atoms with van der Waals surface area (Å²) in [5.74, 6) is 1.51. The van der Waals surface area contributed by atoms with Crippen molar-refractivity contribution in [1.82, 2.24) is 20.4 Å². The number of likely N-dealkylation sites (N-methyl/N-ethyl adjacent to an activating group) is 1. The van der Waals surface area contributed by atoms with Crippen LogP contribution < -0.4 is 14.8 Å². The number of fused-ring (bicyclic) bond motifs is 1. The molecule has 0 spiro atoms. The average molecular weight is 358 g/mol. The van der Waals surface area contributed by atoms with E-state index in [-0.39, 0.29) is 18.6 Å². The van der Waals surface area contributed by atoms with Crippen LogP contribution in [-0.4, -0.2) is 53.5 Å². The molecule has 2 aliphatic rings. The summed E-state index contributed by atoms with van der Waals surface area (Å²) in [6.45, 7) is 5.07. The van der Waals surface area contributed by atoms with Crippen LogP contribution in [0.4, 0.5) is 0 Å². The number of benzene rings is 1. The van der Waals surface area contributed by atoms with Crippen LogP contribution >= 0.6 is 0 Å². The van der Waals surface area contributed by atoms with Crippen LogP contribution in [0.25, 0.3) is 0 Å². The first-order chi connectivity index (χ1) is 12.7. The number of nitrogens with one attached hydrogen (secondary N) is 1. The summed E-state index contributed by atoms with van der Waals surface area (Å²) in [6, 6.07) is 6.03. The van der Waals surface area contributed by atoms with Crippen LogP contribution in [0, 0.1) is 0 Å². The molecule has 8 nitrogen and oxygen atoms in total. The van der Waals surface area contributed by atoms with Crippen LogP contribution in [0.15, 0.2) is 22.6 Å². The van der Waals surface area contributed by atoms with Crippen molar-refractivity contribution >= 4 is 5.91 Å². The molecule has 138 valence electrons. The first-order valence-corrected chi connectivity index (χ1v) is 8.96. The standard InChI is InChI=1S/C18H22N4O4/c1-2-22-7-3-4-13(22)10-19-17(23)18-21-20-16(26-18)9-12-5-6-14-15(8-12)25-11-24-14/h5-6,8,13H,2-4,7,9-11H2,1H3,(H,19,23). The molecule has 8 heteroatoms. The van der Waals surface area contributed by atoms with Crippen LogP contribution in [0.1, 0.15) is 41.9 Å². The number of nitrogens with zero attached hydrogens (tertiary/aromatic N) is 3. The van der Waals surface area contributed by atoms with Gasteiger partial charge in [0.1, 0.15) is 0 Å². The normalized spacial score (nSPS) is 19.0. The molecule has 1 fully saturated rings. The predicted molar refractivity (Wildman–Crippen MR) is 92.3 cm³/mol. The van der Waals surface area contributed by atoms with Gasteiger partial charge in [-0.05, 0) is 43.6 Å². The van der Waals surface area contributed by atoms with Crippen molar-refractivity contribution in [2.24, 2.45) is 0 Å². The van der Waals surface area contributed by atoms with Gasteiger partial charge in [0.15, 0.2) is 11.5 Å². The largest absolute Gasteiger partial charge is 0.454 e. The minimum Gasteiger partial charge on any atom is -0.454 e. The van der Waals surface area contributed by atoms with Crippen molar-refractivity contribution in [3.05, 3.63) is 35.5 Å². The molecule has 1 unspecified atom stereocenters. The molecule has 1 amide bonds. The van der Waals surface area contributed by atoms with Crippen LogP contribution in [0.2, 0.25) is 0 Å². The number of ether oxygens (including phenoxy) is 2. The van der Waals surface area contributed by atoms with E-state index in [1.54, 1.807) is 0 Å². The Morgan fingerprint density at radius 2 is 2.19 bits per heavy atom. The van der Waals surface area contributed by atoms with Gasteiger partial charge >= 0.3 is 11.8 Å². The van der Waals surface area contributed by atoms with E-state index in [2.05, 4.69) is 27.3 Å². The molecule has 1 N–H and O–H groups in total. The summed E-state index contributed by atoms with van der Waals surface area (Å²) in [7, 11) is 0. The molecule has 0 radical (unpaired) electrons. The Bertz CT molecular complexity index is 791. The fourth-order valence-electron chi connectivity index (χ4n) is 3.47. The second kappa shape index (κ2) is 7.33. The van der Waals surface area contributed by atoms with Crippen molar-refractivity contribution in [3.63, 3.8) is 0 Å². The van der Waals surface area contributed by atoms with E-state index in [1.165, 1.54) is 6.42 Å². The zero-order chi connectivity index (χ0) is 17.9. The first-order valence-electron chi connectivity index (χ1n) is 8.96. The van der Waals surface area contributed by atoms with Gasteiger partial charge in [0, 0.05) is 12.6 Å². The molecule has 2 aliphatic heterocycles. The van der Waals surface area contributed by atoms with E-state index in [0.29, 0.717) is 30.6 Å². The lowest BCUT2D eigenvalue weighted by Crippen LogP contribution is -2.40. The Morgan fingerprint density at radius 3 is 3.08 bits per heavy atom. The van der Waals surface area contributed by atoms with Crippen molar-refractivity contribution in [1.29, 1.82) is 0 Å². The number of rotatable bonds is 6. The highest BCUT2D eigenvalue weighted by atomic mass is 16.7. The van der Waals surface area contributed by atoms with E-state index in [4.69, 9.17) is 13.9 Å². The Kier molecular flexibility index (Phi) is 4.75. The first kappa shape index (κ1) is 16.8. The highest BCUT2D eigenvalue weighted by Gasteiger charge is 2.24. The van der Waals surface area contributed by atoms with Crippen molar-refractivity contribution in [2.75, 3.05) is 26.4 Å². The van der Waals surface area contributed by atoms with Gasteiger partial charge in [0.05, 0.1) is 6.42 Å². The van der Waals surface area contributed by atoms with Crippen LogP contribution in [0.3, 0.4) is 0 Å². The summed E-state index contributed by atoms with van der Waals surface area (Å²) in [5.41, 5.74) is 0.953. The van der Waals surface area contributed by atoms with E-state index < -0.39 is 0 Å². The molecular formula is C18H22N4O4. The molecule has 1 aromatic heterocycles. The summed E-state index contributed by atoms with van der Waals surface area (Å²) < 4.78 is 16.2. The summed E-state index contributed by atoms with van der Waals surface area (Å²) in [6.07, 6.45) is 2.71. The molecule has 1 aromatic carbocycles. The number of carbonyl (C=O) groups excluding carboxylic acids is 1. The number of carbonyl (C=O) groups is 1. The fourth-order valence-corrected chi connectivity index (χ4v) is 3.47. The molecular weight excluding hydrogens is 336 g/mol. The number of hydrogen-bond acceptors (Lipinski definition) is 7. The zero-order valence-electron chi connectivity index (χ0n) is 14.7. The van der Waals surface area contributed by atoms with E-state index in [9.17, 15) is 4.79 Å². The van der Waals surface area contributed by atoms with Gasteiger partial charge in [-0.25, -0.2) is 0 Å². The molecule has 1 saturated heterocycles. The average Bonchev–Trinajstić information content (AvgIpc) is 3.39. The highest BCUT2D eigenvalue weighted by Crippen LogP contribution is 2.33. The smallest absolute Gasteiger partial charge is 0.308 e. The maximum Gasteiger partial charge on any atom is 0.308 e. The van der Waals surface area contributed by atoms with Gasteiger partial charge in [-0.3, -0.25) is 9.69 Å². The topological polar surface area (TPSA) is 89.7 Å². The number of likely N-dealkylation sites (tertiary alicyclic amines) is 1. The molecule has 0 bridgehead atoms. The Balaban J connectivity index is 1.34. The van der Waals surface area contributed by atoms with E-state index >= 15 is 0 Å². The Labute approximate surface area is 151 Å². The quantitative estimate of drug-likeness (QED) is 0.839. The number of hydrogen-bond donors (Lipinski definition) is 1. The van der Waals surface area contributed by atoms with Gasteiger partial charge in [0.25, 0.3) is 0 Å². The lowest BCUT2D eigenvalue weighted by Gasteiger charge is -2.22. The molecule has 0 saturated carbocycles. The summed E-state index contributed by atoms with van der Waals surface area (Å²) in [4.78, 5) is 14.6. The fraction of sp³-hybridized carbons (Fsp3) is 0.500. The summed E-state index contributed by atoms with van der Waals surface area (Å²) in [5, 5.41) is 10.8. The number of aromatic nitrogens is 2. The number of amides is 1. The third-order valence-corrected chi connectivity index (χ3v) is 4.86. The molecule has 26 heavy (non-hydrogen) atoms. The second-order valence-corrected chi connectivity index (χ2v) is 6.50. The van der Waals surface area contributed by atoms with Gasteiger partial charge in [0.2, 0.25) is 12.7 Å². The van der Waals surface area contributed by atoms with Crippen LogP contribution in [0.5, 0.6) is 11.5 Å². The van der Waals surface area contributed by atoms with E-state index in [1.807, 2.05) is 18.2 Å². The van der Waals surface area contributed by atoms with Crippen molar-refractivity contribution in [2.45, 2.75) is 32.2 Å². The van der Waals surface area contributed by atoms with Gasteiger partial charge < -0.3 is 19.2 Å². The monoisotopic (exact) mass is 358 g/mol. The van der Waals surface area contributed by atoms with Gasteiger partial charge in [-0.2, -0.15) is 0 Å². The summed E-state index contributed by atoms with van der Waals surface area (Å²) >= 11 is 0. The Hall–Kier alpha value is -2.61. The van der Waals surface area contributed by atoms with Crippen LogP contribution in [-0.2, 0) is 6.42 Å². The van der Waals surface area contributed by atoms with E-state index in [0.717, 1.165) is 30.8 Å². The maximum absolute atomic E-state index is 12.3. The Morgan fingerprint density at radius 1 is 1.31 bits per heavy atom. The maximum atomic E-state index is 12.3. The zero-order valence-corrected chi connectivity index (χ0v) is 14.7. The highest BCUT2D eigenvalue weighted by molar-refractivity contribution is 5.89. The molecule has 3 heterocycles. The third kappa shape index (κ3) is 3.50. The lowest BCUT2D eigenvalue weighted by molar-refractivity contribution is 0.0905. The molecule has 1 atom stereocenters. The third-order valence-electron chi connectivity index (χ3n) is 4.86. The molecule has 4 rings (SSSR count). The van der Waals surface area contributed by atoms with Gasteiger partial charge in [-0.1, -0.05) is 13.0 Å². The second-order valence-electron chi connectivity index (χ2n) is 6.50. The molecule has 2 aromatic rings.